The van der Waals surface area contributed by atoms with Crippen molar-refractivity contribution in [3.8, 4) is 10.6 Å². The Bertz CT molecular complexity index is 718. The van der Waals surface area contributed by atoms with Crippen molar-refractivity contribution in [3.05, 3.63) is 29.6 Å². The average Bonchev–Trinajstić information content (AvgIpc) is 3.25. The highest BCUT2D eigenvalue weighted by molar-refractivity contribution is 7.13. The molecule has 1 saturated heterocycles. The number of nitrogens with one attached hydrogen (secondary N) is 1. The molecule has 0 unspecified atom stereocenters. The zero-order chi connectivity index (χ0) is 17.8. The molecule has 3 rings (SSSR count). The number of rotatable bonds is 5. The Balaban J connectivity index is 1.58. The van der Waals surface area contributed by atoms with E-state index < -0.39 is 0 Å². The molecule has 2 aromatic heterocycles. The lowest BCUT2D eigenvalue weighted by Crippen LogP contribution is -2.51. The van der Waals surface area contributed by atoms with Crippen LogP contribution in [0.3, 0.4) is 0 Å². The lowest BCUT2D eigenvalue weighted by molar-refractivity contribution is -0.123. The van der Waals surface area contributed by atoms with Gasteiger partial charge in [0.25, 0.3) is 5.91 Å². The molecule has 1 N–H and O–H groups in total. The predicted molar refractivity (Wildman–Crippen MR) is 95.4 cm³/mol. The van der Waals surface area contributed by atoms with Crippen LogP contribution in [0.2, 0.25) is 0 Å². The lowest BCUT2D eigenvalue weighted by Gasteiger charge is -2.34. The van der Waals surface area contributed by atoms with Crippen LogP contribution in [0.1, 0.15) is 24.3 Å². The molecule has 0 spiro atoms. The van der Waals surface area contributed by atoms with E-state index in [1.807, 2.05) is 31.4 Å². The van der Waals surface area contributed by atoms with Crippen LogP contribution in [0, 0.1) is 0 Å². The Morgan fingerprint density at radius 3 is 2.72 bits per heavy atom. The summed E-state index contributed by atoms with van der Waals surface area (Å²) >= 11 is 1.51. The number of piperazine rings is 1. The maximum Gasteiger partial charge on any atom is 0.276 e. The number of carbonyl (C=O) groups is 2. The molecule has 0 radical (unpaired) electrons. The third-order valence-corrected chi connectivity index (χ3v) is 4.86. The van der Waals surface area contributed by atoms with Gasteiger partial charge in [-0.3, -0.25) is 14.5 Å². The van der Waals surface area contributed by atoms with Crippen LogP contribution in [-0.4, -0.2) is 65.4 Å². The highest BCUT2D eigenvalue weighted by Gasteiger charge is 2.27. The molecule has 0 aromatic carbocycles. The van der Waals surface area contributed by atoms with Crippen molar-refractivity contribution in [2.24, 2.45) is 0 Å². The monoisotopic (exact) mass is 362 g/mol. The van der Waals surface area contributed by atoms with Gasteiger partial charge < -0.3 is 14.6 Å². The van der Waals surface area contributed by atoms with E-state index in [2.05, 4.69) is 15.2 Å². The molecule has 25 heavy (non-hydrogen) atoms. The maximum atomic E-state index is 12.8. The second kappa shape index (κ2) is 7.79. The summed E-state index contributed by atoms with van der Waals surface area (Å²) in [6, 6.07) is 3.96. The smallest absolute Gasteiger partial charge is 0.276 e. The maximum absolute atomic E-state index is 12.8. The summed E-state index contributed by atoms with van der Waals surface area (Å²) in [6.45, 7) is 6.74. The summed E-state index contributed by atoms with van der Waals surface area (Å²) in [5, 5.41) is 4.82. The molecule has 2 amide bonds. The van der Waals surface area contributed by atoms with E-state index in [1.165, 1.54) is 17.7 Å². The fourth-order valence-electron chi connectivity index (χ4n) is 2.81. The van der Waals surface area contributed by atoms with Gasteiger partial charge in [-0.1, -0.05) is 6.07 Å². The van der Waals surface area contributed by atoms with Crippen molar-refractivity contribution in [3.63, 3.8) is 0 Å². The van der Waals surface area contributed by atoms with Gasteiger partial charge in [0, 0.05) is 32.2 Å². The Morgan fingerprint density at radius 2 is 2.08 bits per heavy atom. The van der Waals surface area contributed by atoms with E-state index in [9.17, 15) is 9.59 Å². The Kier molecular flexibility index (Phi) is 5.50. The van der Waals surface area contributed by atoms with E-state index in [4.69, 9.17) is 4.42 Å². The van der Waals surface area contributed by atoms with Crippen molar-refractivity contribution in [2.75, 3.05) is 32.7 Å². The standard InChI is InChI=1S/C17H22N4O3S/c1-12(2)19-14(22)10-20-5-7-21(8-6-20)17(23)15-16(24-11-18-15)13-4-3-9-25-13/h3-4,9,11-12H,5-8,10H2,1-2H3,(H,19,22). The number of aromatic nitrogens is 1. The fourth-order valence-corrected chi connectivity index (χ4v) is 3.52. The minimum Gasteiger partial charge on any atom is -0.442 e. The molecule has 0 saturated carbocycles. The topological polar surface area (TPSA) is 78.7 Å². The normalized spacial score (nSPS) is 15.6. The summed E-state index contributed by atoms with van der Waals surface area (Å²) in [5.41, 5.74) is 0.355. The highest BCUT2D eigenvalue weighted by Crippen LogP contribution is 2.28. The molecule has 1 aliphatic rings. The van der Waals surface area contributed by atoms with Gasteiger partial charge >= 0.3 is 0 Å². The van der Waals surface area contributed by atoms with Gasteiger partial charge in [-0.2, -0.15) is 0 Å². The van der Waals surface area contributed by atoms with Crippen LogP contribution in [0.4, 0.5) is 0 Å². The number of hydrogen-bond acceptors (Lipinski definition) is 6. The van der Waals surface area contributed by atoms with Gasteiger partial charge in [-0.05, 0) is 25.3 Å². The van der Waals surface area contributed by atoms with E-state index >= 15 is 0 Å². The Labute approximate surface area is 150 Å². The van der Waals surface area contributed by atoms with Crippen molar-refractivity contribution in [2.45, 2.75) is 19.9 Å². The first-order valence-electron chi connectivity index (χ1n) is 8.33. The molecule has 1 fully saturated rings. The molecule has 3 heterocycles. The van der Waals surface area contributed by atoms with E-state index in [1.54, 1.807) is 4.90 Å². The van der Waals surface area contributed by atoms with Crippen molar-refractivity contribution >= 4 is 23.2 Å². The molecule has 0 aliphatic carbocycles. The van der Waals surface area contributed by atoms with Gasteiger partial charge in [-0.25, -0.2) is 4.98 Å². The van der Waals surface area contributed by atoms with Gasteiger partial charge in [0.05, 0.1) is 11.4 Å². The third-order valence-electron chi connectivity index (χ3n) is 3.99. The second-order valence-corrected chi connectivity index (χ2v) is 7.25. The van der Waals surface area contributed by atoms with Crippen LogP contribution in [0.25, 0.3) is 10.6 Å². The summed E-state index contributed by atoms with van der Waals surface area (Å²) < 4.78 is 5.42. The number of thiophene rings is 1. The minimum absolute atomic E-state index is 0.0197. The quantitative estimate of drug-likeness (QED) is 0.876. The fraction of sp³-hybridized carbons (Fsp3) is 0.471. The Morgan fingerprint density at radius 1 is 1.32 bits per heavy atom. The number of amides is 2. The van der Waals surface area contributed by atoms with E-state index in [0.717, 1.165) is 4.88 Å². The molecule has 8 heteroatoms. The summed E-state index contributed by atoms with van der Waals surface area (Å²) in [4.78, 5) is 33.4. The number of carbonyl (C=O) groups excluding carboxylic acids is 2. The van der Waals surface area contributed by atoms with Gasteiger partial charge in [0.1, 0.15) is 0 Å². The predicted octanol–water partition coefficient (Wildman–Crippen LogP) is 1.69. The lowest BCUT2D eigenvalue weighted by atomic mass is 10.2. The number of nitrogens with zero attached hydrogens (tertiary/aromatic N) is 3. The van der Waals surface area contributed by atoms with E-state index in [0.29, 0.717) is 44.2 Å². The summed E-state index contributed by atoms with van der Waals surface area (Å²) in [6.07, 6.45) is 1.31. The SMILES string of the molecule is CC(C)NC(=O)CN1CCN(C(=O)c2ncoc2-c2cccs2)CC1. The zero-order valence-electron chi connectivity index (χ0n) is 14.4. The van der Waals surface area contributed by atoms with Crippen LogP contribution < -0.4 is 5.32 Å². The van der Waals surface area contributed by atoms with Crippen molar-refractivity contribution in [1.29, 1.82) is 0 Å². The van der Waals surface area contributed by atoms with Crippen LogP contribution in [-0.2, 0) is 4.79 Å². The molecule has 7 nitrogen and oxygen atoms in total. The molecular formula is C17H22N4O3S. The minimum atomic E-state index is -0.122. The van der Waals surface area contributed by atoms with Crippen molar-refractivity contribution < 1.29 is 14.0 Å². The molecule has 0 bridgehead atoms. The van der Waals surface area contributed by atoms with Crippen molar-refractivity contribution in [1.82, 2.24) is 20.1 Å². The van der Waals surface area contributed by atoms with E-state index in [-0.39, 0.29) is 17.9 Å². The molecule has 134 valence electrons. The van der Waals surface area contributed by atoms with Crippen LogP contribution in [0.5, 0.6) is 0 Å². The van der Waals surface area contributed by atoms with Crippen LogP contribution in [0.15, 0.2) is 28.3 Å². The molecule has 0 atom stereocenters. The first kappa shape index (κ1) is 17.6. The average molecular weight is 362 g/mol. The molecule has 2 aromatic rings. The summed E-state index contributed by atoms with van der Waals surface area (Å²) in [7, 11) is 0. The first-order valence-corrected chi connectivity index (χ1v) is 9.21. The number of hydrogen-bond donors (Lipinski definition) is 1. The second-order valence-electron chi connectivity index (χ2n) is 6.30. The molecule has 1 aliphatic heterocycles. The molecular weight excluding hydrogens is 340 g/mol. The van der Waals surface area contributed by atoms with Gasteiger partial charge in [-0.15, -0.1) is 11.3 Å². The zero-order valence-corrected chi connectivity index (χ0v) is 15.2. The summed E-state index contributed by atoms with van der Waals surface area (Å²) in [5.74, 6) is 0.424. The largest absolute Gasteiger partial charge is 0.442 e. The highest BCUT2D eigenvalue weighted by atomic mass is 32.1. The van der Waals surface area contributed by atoms with Gasteiger partial charge in [0.2, 0.25) is 5.91 Å². The first-order chi connectivity index (χ1) is 12.0. The van der Waals surface area contributed by atoms with Crippen LogP contribution >= 0.6 is 11.3 Å². The number of oxazole rings is 1. The third kappa shape index (κ3) is 4.26. The van der Waals surface area contributed by atoms with Gasteiger partial charge in [0.15, 0.2) is 17.8 Å². The Hall–Kier alpha value is -2.19.